The molecule has 2 aromatic carbocycles. The number of hydrogen-bond donors (Lipinski definition) is 1. The van der Waals surface area contributed by atoms with E-state index >= 15 is 0 Å². The molecule has 0 saturated carbocycles. The summed E-state index contributed by atoms with van der Waals surface area (Å²) in [6.07, 6.45) is 4.22. The summed E-state index contributed by atoms with van der Waals surface area (Å²) in [5.74, 6) is 0.391. The molecule has 1 nitrogen and oxygen atoms in total. The fourth-order valence-corrected chi connectivity index (χ4v) is 3.89. The van der Waals surface area contributed by atoms with Crippen LogP contribution in [0.5, 0.6) is 0 Å². The SMILES string of the molecule is NC(Cc1c(Cl)cccc1Cl)C1CCCc2ccccc21. The van der Waals surface area contributed by atoms with Gasteiger partial charge in [0.15, 0.2) is 0 Å². The lowest BCUT2D eigenvalue weighted by atomic mass is 9.77. The minimum absolute atomic E-state index is 0.0452. The Kier molecular flexibility index (Phi) is 4.54. The molecule has 0 bridgehead atoms. The van der Waals surface area contributed by atoms with E-state index in [1.54, 1.807) is 0 Å². The number of benzene rings is 2. The zero-order valence-electron chi connectivity index (χ0n) is 11.9. The lowest BCUT2D eigenvalue weighted by Gasteiger charge is -2.30. The molecule has 1 aliphatic rings. The third-order valence-electron chi connectivity index (χ3n) is 4.43. The molecule has 3 heteroatoms. The minimum Gasteiger partial charge on any atom is -0.327 e. The molecule has 110 valence electrons. The van der Waals surface area contributed by atoms with Crippen molar-refractivity contribution in [3.8, 4) is 0 Å². The number of hydrogen-bond acceptors (Lipinski definition) is 1. The summed E-state index contributed by atoms with van der Waals surface area (Å²) in [6.45, 7) is 0. The molecular weight excluding hydrogens is 301 g/mol. The molecule has 2 atom stereocenters. The molecule has 0 saturated heterocycles. The van der Waals surface area contributed by atoms with Gasteiger partial charge in [0.25, 0.3) is 0 Å². The van der Waals surface area contributed by atoms with Crippen molar-refractivity contribution < 1.29 is 0 Å². The Bertz CT molecular complexity index is 619. The average molecular weight is 320 g/mol. The molecule has 2 unspecified atom stereocenters. The summed E-state index contributed by atoms with van der Waals surface area (Å²) in [6, 6.07) is 14.3. The van der Waals surface area contributed by atoms with Gasteiger partial charge in [-0.25, -0.2) is 0 Å². The van der Waals surface area contributed by atoms with Gasteiger partial charge in [0, 0.05) is 16.1 Å². The third-order valence-corrected chi connectivity index (χ3v) is 5.14. The van der Waals surface area contributed by atoms with E-state index in [1.807, 2.05) is 18.2 Å². The van der Waals surface area contributed by atoms with Crippen molar-refractivity contribution in [1.82, 2.24) is 0 Å². The van der Waals surface area contributed by atoms with Gasteiger partial charge < -0.3 is 5.73 Å². The van der Waals surface area contributed by atoms with E-state index in [9.17, 15) is 0 Å². The van der Waals surface area contributed by atoms with Crippen LogP contribution in [0.25, 0.3) is 0 Å². The first-order chi connectivity index (χ1) is 10.2. The van der Waals surface area contributed by atoms with Crippen LogP contribution in [0, 0.1) is 0 Å². The van der Waals surface area contributed by atoms with Crippen LogP contribution in [0.1, 0.15) is 35.4 Å². The normalized spacial score (nSPS) is 19.1. The molecule has 0 radical (unpaired) electrons. The monoisotopic (exact) mass is 319 g/mol. The number of nitrogens with two attached hydrogens (primary N) is 1. The van der Waals surface area contributed by atoms with E-state index in [2.05, 4.69) is 24.3 Å². The highest BCUT2D eigenvalue weighted by molar-refractivity contribution is 6.36. The van der Waals surface area contributed by atoms with Crippen molar-refractivity contribution in [2.75, 3.05) is 0 Å². The molecule has 21 heavy (non-hydrogen) atoms. The molecule has 1 aliphatic carbocycles. The second-order valence-corrected chi connectivity index (χ2v) is 6.58. The summed E-state index contributed by atoms with van der Waals surface area (Å²) >= 11 is 12.5. The standard InChI is InChI=1S/C18H19Cl2N/c19-16-9-4-10-17(20)15(16)11-18(21)14-8-3-6-12-5-1-2-7-13(12)14/h1-2,4-5,7,9-10,14,18H,3,6,8,11,21H2. The summed E-state index contributed by atoms with van der Waals surface area (Å²) in [7, 11) is 0. The first-order valence-corrected chi connectivity index (χ1v) is 8.18. The molecule has 0 fully saturated rings. The summed E-state index contributed by atoms with van der Waals surface area (Å²) in [5, 5.41) is 1.42. The smallest absolute Gasteiger partial charge is 0.0453 e. The Hall–Kier alpha value is -1.02. The highest BCUT2D eigenvalue weighted by atomic mass is 35.5. The quantitative estimate of drug-likeness (QED) is 0.848. The fourth-order valence-electron chi connectivity index (χ4n) is 3.34. The lowest BCUT2D eigenvalue weighted by Crippen LogP contribution is -2.33. The van der Waals surface area contributed by atoms with E-state index in [0.717, 1.165) is 24.8 Å². The molecule has 2 N–H and O–H groups in total. The molecule has 0 heterocycles. The summed E-state index contributed by atoms with van der Waals surface area (Å²) in [4.78, 5) is 0. The van der Waals surface area contributed by atoms with E-state index < -0.39 is 0 Å². The van der Waals surface area contributed by atoms with E-state index in [4.69, 9.17) is 28.9 Å². The van der Waals surface area contributed by atoms with Crippen molar-refractivity contribution in [3.63, 3.8) is 0 Å². The van der Waals surface area contributed by atoms with Gasteiger partial charge in [0.1, 0.15) is 0 Å². The van der Waals surface area contributed by atoms with E-state index in [0.29, 0.717) is 16.0 Å². The molecule has 0 spiro atoms. The van der Waals surface area contributed by atoms with Gasteiger partial charge in [-0.05, 0) is 60.4 Å². The molecule has 0 aromatic heterocycles. The highest BCUT2D eigenvalue weighted by Crippen LogP contribution is 2.35. The van der Waals surface area contributed by atoms with Crippen LogP contribution in [0.3, 0.4) is 0 Å². The average Bonchev–Trinajstić information content (AvgIpc) is 2.50. The van der Waals surface area contributed by atoms with Crippen LogP contribution in [-0.2, 0) is 12.8 Å². The number of fused-ring (bicyclic) bond motifs is 1. The largest absolute Gasteiger partial charge is 0.327 e. The van der Waals surface area contributed by atoms with Crippen molar-refractivity contribution in [3.05, 3.63) is 69.2 Å². The van der Waals surface area contributed by atoms with Gasteiger partial charge >= 0.3 is 0 Å². The van der Waals surface area contributed by atoms with Gasteiger partial charge in [-0.1, -0.05) is 53.5 Å². The number of aryl methyl sites for hydroxylation is 1. The van der Waals surface area contributed by atoms with Crippen LogP contribution in [-0.4, -0.2) is 6.04 Å². The Labute approximate surface area is 136 Å². The first-order valence-electron chi connectivity index (χ1n) is 7.43. The third kappa shape index (κ3) is 3.11. The Morgan fingerprint density at radius 2 is 1.76 bits per heavy atom. The van der Waals surface area contributed by atoms with Crippen molar-refractivity contribution in [2.45, 2.75) is 37.6 Å². The second-order valence-electron chi connectivity index (χ2n) is 5.77. The van der Waals surface area contributed by atoms with Crippen molar-refractivity contribution >= 4 is 23.2 Å². The van der Waals surface area contributed by atoms with Crippen LogP contribution < -0.4 is 5.73 Å². The highest BCUT2D eigenvalue weighted by Gasteiger charge is 2.26. The zero-order valence-corrected chi connectivity index (χ0v) is 13.4. The van der Waals surface area contributed by atoms with Gasteiger partial charge in [0.2, 0.25) is 0 Å². The Morgan fingerprint density at radius 3 is 2.52 bits per heavy atom. The number of halogens is 2. The Balaban J connectivity index is 1.85. The van der Waals surface area contributed by atoms with E-state index in [-0.39, 0.29) is 6.04 Å². The maximum absolute atomic E-state index is 6.52. The minimum atomic E-state index is 0.0452. The Morgan fingerprint density at radius 1 is 1.05 bits per heavy atom. The van der Waals surface area contributed by atoms with Crippen LogP contribution in [0.15, 0.2) is 42.5 Å². The summed E-state index contributed by atoms with van der Waals surface area (Å²) < 4.78 is 0. The topological polar surface area (TPSA) is 26.0 Å². The predicted octanol–water partition coefficient (Wildman–Crippen LogP) is 4.98. The predicted molar refractivity (Wildman–Crippen MR) is 90.3 cm³/mol. The maximum atomic E-state index is 6.52. The van der Waals surface area contributed by atoms with Crippen molar-refractivity contribution in [1.29, 1.82) is 0 Å². The van der Waals surface area contributed by atoms with E-state index in [1.165, 1.54) is 17.5 Å². The van der Waals surface area contributed by atoms with Gasteiger partial charge in [-0.2, -0.15) is 0 Å². The molecule has 0 amide bonds. The molecule has 2 aromatic rings. The van der Waals surface area contributed by atoms with Crippen LogP contribution in [0.2, 0.25) is 10.0 Å². The summed E-state index contributed by atoms with van der Waals surface area (Å²) in [5.41, 5.74) is 10.3. The van der Waals surface area contributed by atoms with Gasteiger partial charge in [-0.3, -0.25) is 0 Å². The molecule has 3 rings (SSSR count). The number of rotatable bonds is 3. The molecular formula is C18H19Cl2N. The van der Waals surface area contributed by atoms with Gasteiger partial charge in [0.05, 0.1) is 0 Å². The maximum Gasteiger partial charge on any atom is 0.0453 e. The van der Waals surface area contributed by atoms with Crippen LogP contribution in [0.4, 0.5) is 0 Å². The fraction of sp³-hybridized carbons (Fsp3) is 0.333. The molecule has 0 aliphatic heterocycles. The van der Waals surface area contributed by atoms with Gasteiger partial charge in [-0.15, -0.1) is 0 Å². The lowest BCUT2D eigenvalue weighted by molar-refractivity contribution is 0.460. The van der Waals surface area contributed by atoms with Crippen LogP contribution >= 0.6 is 23.2 Å². The van der Waals surface area contributed by atoms with Crippen molar-refractivity contribution in [2.24, 2.45) is 5.73 Å². The zero-order chi connectivity index (χ0) is 14.8. The second kappa shape index (κ2) is 6.39. The first kappa shape index (κ1) is 14.9.